The zero-order chi connectivity index (χ0) is 19.9. The first-order valence-electron chi connectivity index (χ1n) is 9.97. The maximum absolute atomic E-state index is 12.8. The summed E-state index contributed by atoms with van der Waals surface area (Å²) < 4.78 is 11.5. The van der Waals surface area contributed by atoms with Crippen molar-refractivity contribution in [2.75, 3.05) is 46.0 Å². The molecule has 1 aromatic carbocycles. The zero-order valence-corrected chi connectivity index (χ0v) is 16.8. The number of carbonyl (C=O) groups is 1. The maximum atomic E-state index is 12.8. The number of ether oxygens (including phenoxy) is 2. The maximum Gasteiger partial charge on any atom is 0.255 e. The Balaban J connectivity index is 1.61. The van der Waals surface area contributed by atoms with Crippen LogP contribution in [0.5, 0.6) is 11.5 Å². The Hall–Kier alpha value is -1.54. The highest BCUT2D eigenvalue weighted by molar-refractivity contribution is 6.31. The first kappa shape index (κ1) is 21.2. The fourth-order valence-electron chi connectivity index (χ4n) is 3.65. The van der Waals surface area contributed by atoms with Gasteiger partial charge in [-0.1, -0.05) is 11.6 Å². The third kappa shape index (κ3) is 5.50. The van der Waals surface area contributed by atoms with Gasteiger partial charge in [0.2, 0.25) is 0 Å². The number of carbonyl (C=O) groups excluding carboxylic acids is 1. The van der Waals surface area contributed by atoms with E-state index in [9.17, 15) is 9.90 Å². The quantitative estimate of drug-likeness (QED) is 0.658. The molecule has 0 bridgehead atoms. The molecule has 2 unspecified atom stereocenters. The summed E-state index contributed by atoms with van der Waals surface area (Å²) in [6.07, 6.45) is 2.75. The van der Waals surface area contributed by atoms with Gasteiger partial charge in [-0.05, 0) is 38.3 Å². The Bertz CT molecular complexity index is 672. The number of fused-ring (bicyclic) bond motifs is 1. The van der Waals surface area contributed by atoms with Gasteiger partial charge in [-0.25, -0.2) is 0 Å². The van der Waals surface area contributed by atoms with E-state index in [4.69, 9.17) is 26.2 Å². The van der Waals surface area contributed by atoms with E-state index in [0.717, 1.165) is 32.4 Å². The largest absolute Gasteiger partial charge is 0.490 e. The van der Waals surface area contributed by atoms with Gasteiger partial charge in [0.1, 0.15) is 0 Å². The minimum Gasteiger partial charge on any atom is -0.490 e. The Morgan fingerprint density at radius 1 is 1.29 bits per heavy atom. The van der Waals surface area contributed by atoms with Crippen LogP contribution >= 0.6 is 11.6 Å². The number of β-amino-alcohol motifs (C(OH)–C–C–N with tert-alkyl or cyclic N) is 1. The minimum atomic E-state index is -0.507. The van der Waals surface area contributed by atoms with Crippen LogP contribution in [0.2, 0.25) is 5.02 Å². The van der Waals surface area contributed by atoms with Crippen LogP contribution in [-0.4, -0.2) is 73.1 Å². The second-order valence-electron chi connectivity index (χ2n) is 7.39. The number of nitrogens with one attached hydrogen (secondary N) is 1. The van der Waals surface area contributed by atoms with Crippen LogP contribution in [-0.2, 0) is 0 Å². The summed E-state index contributed by atoms with van der Waals surface area (Å²) in [7, 11) is 0. The molecule has 2 aliphatic heterocycles. The summed E-state index contributed by atoms with van der Waals surface area (Å²) >= 11 is 6.17. The Kier molecular flexibility index (Phi) is 7.79. The molecule has 156 valence electrons. The highest BCUT2D eigenvalue weighted by Gasteiger charge is 2.28. The monoisotopic (exact) mass is 412 g/mol. The molecule has 2 atom stereocenters. The van der Waals surface area contributed by atoms with Crippen molar-refractivity contribution in [1.29, 1.82) is 0 Å². The molecule has 1 saturated heterocycles. The van der Waals surface area contributed by atoms with E-state index in [1.165, 1.54) is 0 Å². The molecule has 0 radical (unpaired) electrons. The summed E-state index contributed by atoms with van der Waals surface area (Å²) in [4.78, 5) is 14.9. The molecule has 1 amide bonds. The molecule has 0 saturated carbocycles. The van der Waals surface area contributed by atoms with Crippen molar-refractivity contribution in [3.63, 3.8) is 0 Å². The molecule has 3 rings (SSSR count). The highest BCUT2D eigenvalue weighted by Crippen LogP contribution is 2.36. The normalized spacial score (nSPS) is 23.0. The lowest BCUT2D eigenvalue weighted by Gasteiger charge is -2.36. The Labute approximate surface area is 170 Å². The van der Waals surface area contributed by atoms with Crippen LogP contribution in [0.15, 0.2) is 12.1 Å². The first-order chi connectivity index (χ1) is 13.6. The van der Waals surface area contributed by atoms with E-state index in [2.05, 4.69) is 10.2 Å². The van der Waals surface area contributed by atoms with Crippen LogP contribution in [0.1, 0.15) is 36.0 Å². The van der Waals surface area contributed by atoms with Crippen LogP contribution in [0.4, 0.5) is 0 Å². The average Bonchev–Trinajstić information content (AvgIpc) is 2.66. The van der Waals surface area contributed by atoms with Gasteiger partial charge in [-0.3, -0.25) is 4.79 Å². The topological polar surface area (TPSA) is 91.3 Å². The summed E-state index contributed by atoms with van der Waals surface area (Å²) in [6, 6.07) is 3.26. The fraction of sp³-hybridized carbons (Fsp3) is 0.650. The van der Waals surface area contributed by atoms with Crippen LogP contribution in [0.25, 0.3) is 0 Å². The second kappa shape index (κ2) is 10.3. The number of benzene rings is 1. The number of piperidine rings is 1. The Morgan fingerprint density at radius 2 is 2.07 bits per heavy atom. The SMILES string of the molecule is O=C(NCC1CCN(CCCO)CC1O)c1cc(Cl)cc2c1OCCCCO2. The summed E-state index contributed by atoms with van der Waals surface area (Å²) in [5.74, 6) is 0.640. The van der Waals surface area contributed by atoms with Crippen molar-refractivity contribution in [3.05, 3.63) is 22.7 Å². The lowest BCUT2D eigenvalue weighted by molar-refractivity contribution is 0.0201. The third-order valence-electron chi connectivity index (χ3n) is 5.27. The molecule has 0 aliphatic carbocycles. The lowest BCUT2D eigenvalue weighted by atomic mass is 9.93. The van der Waals surface area contributed by atoms with E-state index in [0.29, 0.717) is 54.8 Å². The molecule has 0 spiro atoms. The van der Waals surface area contributed by atoms with Gasteiger partial charge < -0.3 is 29.9 Å². The molecule has 8 heteroatoms. The summed E-state index contributed by atoms with van der Waals surface area (Å²) in [6.45, 7) is 3.82. The standard InChI is InChI=1S/C20H29ClN2O5/c21-15-10-16(19-18(11-15)27-8-1-2-9-28-19)20(26)22-12-14-4-6-23(5-3-7-24)13-17(14)25/h10-11,14,17,24-25H,1-9,12-13H2,(H,22,26). The predicted octanol–water partition coefficient (Wildman–Crippen LogP) is 1.69. The summed E-state index contributed by atoms with van der Waals surface area (Å²) in [5, 5.41) is 22.7. The molecule has 1 fully saturated rings. The number of aliphatic hydroxyl groups excluding tert-OH is 2. The molecule has 28 heavy (non-hydrogen) atoms. The van der Waals surface area contributed by atoms with Gasteiger partial charge in [-0.15, -0.1) is 0 Å². The average molecular weight is 413 g/mol. The highest BCUT2D eigenvalue weighted by atomic mass is 35.5. The number of rotatable bonds is 6. The molecule has 2 aliphatic rings. The smallest absolute Gasteiger partial charge is 0.255 e. The van der Waals surface area contributed by atoms with Gasteiger partial charge in [0.25, 0.3) is 5.91 Å². The minimum absolute atomic E-state index is 0.00696. The fourth-order valence-corrected chi connectivity index (χ4v) is 3.86. The lowest BCUT2D eigenvalue weighted by Crippen LogP contribution is -2.48. The zero-order valence-electron chi connectivity index (χ0n) is 16.0. The van der Waals surface area contributed by atoms with Crippen LogP contribution < -0.4 is 14.8 Å². The number of likely N-dealkylation sites (tertiary alicyclic amines) is 1. The summed E-state index contributed by atoms with van der Waals surface area (Å²) in [5.41, 5.74) is 0.360. The number of nitrogens with zero attached hydrogens (tertiary/aromatic N) is 1. The van der Waals surface area contributed by atoms with Gasteiger partial charge >= 0.3 is 0 Å². The molecular formula is C20H29ClN2O5. The number of hydrogen-bond acceptors (Lipinski definition) is 6. The number of amides is 1. The van der Waals surface area contributed by atoms with Crippen LogP contribution in [0, 0.1) is 5.92 Å². The molecule has 0 aromatic heterocycles. The van der Waals surface area contributed by atoms with E-state index in [-0.39, 0.29) is 18.4 Å². The molecule has 1 aromatic rings. The van der Waals surface area contributed by atoms with Crippen LogP contribution in [0.3, 0.4) is 0 Å². The third-order valence-corrected chi connectivity index (χ3v) is 5.49. The van der Waals surface area contributed by atoms with Gasteiger partial charge in [-0.2, -0.15) is 0 Å². The van der Waals surface area contributed by atoms with Gasteiger partial charge in [0.05, 0.1) is 24.9 Å². The van der Waals surface area contributed by atoms with E-state index in [1.54, 1.807) is 12.1 Å². The van der Waals surface area contributed by atoms with E-state index in [1.807, 2.05) is 0 Å². The number of hydrogen-bond donors (Lipinski definition) is 3. The van der Waals surface area contributed by atoms with Crippen molar-refractivity contribution in [2.45, 2.75) is 31.8 Å². The predicted molar refractivity (Wildman–Crippen MR) is 106 cm³/mol. The van der Waals surface area contributed by atoms with E-state index >= 15 is 0 Å². The number of aliphatic hydroxyl groups is 2. The molecule has 2 heterocycles. The first-order valence-corrected chi connectivity index (χ1v) is 10.3. The van der Waals surface area contributed by atoms with Crippen molar-refractivity contribution in [1.82, 2.24) is 10.2 Å². The van der Waals surface area contributed by atoms with Gasteiger partial charge in [0, 0.05) is 43.2 Å². The molecular weight excluding hydrogens is 384 g/mol. The van der Waals surface area contributed by atoms with E-state index < -0.39 is 6.10 Å². The molecule has 3 N–H and O–H groups in total. The van der Waals surface area contributed by atoms with Crippen molar-refractivity contribution in [2.24, 2.45) is 5.92 Å². The van der Waals surface area contributed by atoms with Crippen molar-refractivity contribution < 1.29 is 24.5 Å². The molecule has 7 nitrogen and oxygen atoms in total. The Morgan fingerprint density at radius 3 is 2.82 bits per heavy atom. The second-order valence-corrected chi connectivity index (χ2v) is 7.82. The van der Waals surface area contributed by atoms with Crippen molar-refractivity contribution in [3.8, 4) is 11.5 Å². The number of halogens is 1. The van der Waals surface area contributed by atoms with Crippen molar-refractivity contribution >= 4 is 17.5 Å². The van der Waals surface area contributed by atoms with Gasteiger partial charge in [0.15, 0.2) is 11.5 Å².